The summed E-state index contributed by atoms with van der Waals surface area (Å²) < 4.78 is 3.51. The molecule has 1 unspecified atom stereocenters. The second-order valence-corrected chi connectivity index (χ2v) is 7.73. The molecule has 0 radical (unpaired) electrons. The van der Waals surface area contributed by atoms with Crippen molar-refractivity contribution in [2.24, 2.45) is 5.73 Å². The van der Waals surface area contributed by atoms with E-state index in [1.807, 2.05) is 0 Å². The molecular weight excluding hydrogens is 332 g/mol. The summed E-state index contributed by atoms with van der Waals surface area (Å²) in [5.41, 5.74) is 8.62. The van der Waals surface area contributed by atoms with Crippen LogP contribution in [0.15, 0.2) is 46.4 Å². The summed E-state index contributed by atoms with van der Waals surface area (Å²) in [7, 11) is 0. The predicted molar refractivity (Wildman–Crippen MR) is 90.4 cm³/mol. The van der Waals surface area contributed by atoms with Gasteiger partial charge in [-0.15, -0.1) is 11.3 Å². The molecule has 0 aliphatic rings. The van der Waals surface area contributed by atoms with Crippen molar-refractivity contribution in [3.05, 3.63) is 56.8 Å². The minimum atomic E-state index is 0.180. The Morgan fingerprint density at radius 2 is 2.10 bits per heavy atom. The average molecular weight is 349 g/mol. The van der Waals surface area contributed by atoms with Crippen LogP contribution >= 0.6 is 27.3 Å². The zero-order chi connectivity index (χ0) is 14.1. The number of hydrogen-bond acceptors (Lipinski definition) is 2. The molecule has 0 aliphatic carbocycles. The Balaban J connectivity index is 2.02. The first-order chi connectivity index (χ1) is 9.63. The number of hydrogen-bond donors (Lipinski definition) is 1. The maximum Gasteiger partial charge on any atom is 0.0702 e. The van der Waals surface area contributed by atoms with Gasteiger partial charge in [-0.3, -0.25) is 0 Å². The number of rotatable bonds is 4. The summed E-state index contributed by atoms with van der Waals surface area (Å²) in [5.74, 6) is 0. The lowest BCUT2D eigenvalue weighted by atomic mass is 10.0. The summed E-state index contributed by atoms with van der Waals surface area (Å²) in [6.45, 7) is 2.97. The molecule has 2 nitrogen and oxygen atoms in total. The molecule has 0 bridgehead atoms. The third kappa shape index (κ3) is 2.82. The highest BCUT2D eigenvalue weighted by Gasteiger charge is 2.09. The Labute approximate surface area is 131 Å². The Hall–Kier alpha value is -1.10. The standard InChI is InChI=1S/C16H17BrN2S/c1-11(18)9-13-4-2-3-12-7-8-19(16(12)13)10-14-5-6-15(17)20-14/h2-8,11H,9-10,18H2,1H3. The summed E-state index contributed by atoms with van der Waals surface area (Å²) in [5, 5.41) is 1.29. The molecule has 2 N–H and O–H groups in total. The highest BCUT2D eigenvalue weighted by molar-refractivity contribution is 9.11. The van der Waals surface area contributed by atoms with Gasteiger partial charge >= 0.3 is 0 Å². The smallest absolute Gasteiger partial charge is 0.0702 e. The molecule has 2 aromatic heterocycles. The highest BCUT2D eigenvalue weighted by atomic mass is 79.9. The average Bonchev–Trinajstić information content (AvgIpc) is 2.97. The summed E-state index contributed by atoms with van der Waals surface area (Å²) >= 11 is 5.31. The first-order valence-corrected chi connectivity index (χ1v) is 8.31. The normalized spacial score (nSPS) is 12.9. The van der Waals surface area contributed by atoms with Crippen LogP contribution in [0.1, 0.15) is 17.4 Å². The fourth-order valence-electron chi connectivity index (χ4n) is 2.59. The van der Waals surface area contributed by atoms with Crippen LogP contribution in [0.3, 0.4) is 0 Å². The van der Waals surface area contributed by atoms with Crippen molar-refractivity contribution in [3.63, 3.8) is 0 Å². The third-order valence-electron chi connectivity index (χ3n) is 3.37. The molecule has 1 atom stereocenters. The molecule has 0 saturated heterocycles. The van der Waals surface area contributed by atoms with E-state index in [2.05, 4.69) is 70.0 Å². The van der Waals surface area contributed by atoms with Gasteiger partial charge in [0.25, 0.3) is 0 Å². The molecule has 0 fully saturated rings. The Bertz CT molecular complexity index is 727. The molecule has 0 saturated carbocycles. The molecule has 1 aromatic carbocycles. The number of halogens is 1. The number of nitrogens with two attached hydrogens (primary N) is 1. The van der Waals surface area contributed by atoms with E-state index in [1.165, 1.54) is 25.1 Å². The molecule has 20 heavy (non-hydrogen) atoms. The minimum Gasteiger partial charge on any atom is -0.342 e. The third-order valence-corrected chi connectivity index (χ3v) is 4.98. The quantitative estimate of drug-likeness (QED) is 0.743. The van der Waals surface area contributed by atoms with Crippen LogP contribution in [0.4, 0.5) is 0 Å². The largest absolute Gasteiger partial charge is 0.342 e. The molecule has 2 heterocycles. The van der Waals surface area contributed by atoms with E-state index in [4.69, 9.17) is 5.73 Å². The van der Waals surface area contributed by atoms with Crippen LogP contribution in [0.5, 0.6) is 0 Å². The Morgan fingerprint density at radius 3 is 2.80 bits per heavy atom. The molecule has 0 amide bonds. The lowest BCUT2D eigenvalue weighted by Crippen LogP contribution is -2.18. The zero-order valence-electron chi connectivity index (χ0n) is 11.3. The number of aromatic nitrogens is 1. The van der Waals surface area contributed by atoms with Gasteiger partial charge < -0.3 is 10.3 Å². The van der Waals surface area contributed by atoms with Gasteiger partial charge in [-0.2, -0.15) is 0 Å². The van der Waals surface area contributed by atoms with Crippen molar-refractivity contribution in [2.45, 2.75) is 25.9 Å². The topological polar surface area (TPSA) is 30.9 Å². The molecule has 4 heteroatoms. The summed E-state index contributed by atoms with van der Waals surface area (Å²) in [6, 6.07) is 13.1. The molecule has 0 spiro atoms. The monoisotopic (exact) mass is 348 g/mol. The van der Waals surface area contributed by atoms with Gasteiger partial charge in [-0.05, 0) is 58.4 Å². The van der Waals surface area contributed by atoms with E-state index in [9.17, 15) is 0 Å². The first-order valence-electron chi connectivity index (χ1n) is 6.70. The van der Waals surface area contributed by atoms with E-state index in [0.717, 1.165) is 13.0 Å². The van der Waals surface area contributed by atoms with Crippen LogP contribution in [0, 0.1) is 0 Å². The first kappa shape index (κ1) is 13.9. The second kappa shape index (κ2) is 5.72. The van der Waals surface area contributed by atoms with Gasteiger partial charge in [0, 0.05) is 17.1 Å². The number of benzene rings is 1. The van der Waals surface area contributed by atoms with Crippen molar-refractivity contribution in [1.29, 1.82) is 0 Å². The Kier molecular flexibility index (Phi) is 3.96. The molecule has 0 aliphatic heterocycles. The predicted octanol–water partition coefficient (Wildman–Crippen LogP) is 4.40. The second-order valence-electron chi connectivity index (χ2n) is 5.19. The van der Waals surface area contributed by atoms with Crippen molar-refractivity contribution in [3.8, 4) is 0 Å². The number of para-hydroxylation sites is 1. The van der Waals surface area contributed by atoms with E-state index >= 15 is 0 Å². The number of thiophene rings is 1. The maximum atomic E-state index is 5.98. The van der Waals surface area contributed by atoms with Crippen molar-refractivity contribution in [1.82, 2.24) is 4.57 Å². The van der Waals surface area contributed by atoms with E-state index in [-0.39, 0.29) is 6.04 Å². The maximum absolute atomic E-state index is 5.98. The van der Waals surface area contributed by atoms with E-state index in [0.29, 0.717) is 0 Å². The fraction of sp³-hybridized carbons (Fsp3) is 0.250. The van der Waals surface area contributed by atoms with E-state index < -0.39 is 0 Å². The Morgan fingerprint density at radius 1 is 1.25 bits per heavy atom. The van der Waals surface area contributed by atoms with E-state index in [1.54, 1.807) is 11.3 Å². The SMILES string of the molecule is CC(N)Cc1cccc2ccn(Cc3ccc(Br)s3)c12. The van der Waals surface area contributed by atoms with Crippen LogP contribution in [0.25, 0.3) is 10.9 Å². The summed E-state index contributed by atoms with van der Waals surface area (Å²) in [4.78, 5) is 1.35. The van der Waals surface area contributed by atoms with Gasteiger partial charge in [-0.25, -0.2) is 0 Å². The lowest BCUT2D eigenvalue weighted by molar-refractivity contribution is 0.735. The van der Waals surface area contributed by atoms with Gasteiger partial charge in [0.2, 0.25) is 0 Å². The lowest BCUT2D eigenvalue weighted by Gasteiger charge is -2.11. The van der Waals surface area contributed by atoms with Gasteiger partial charge in [0.1, 0.15) is 0 Å². The highest BCUT2D eigenvalue weighted by Crippen LogP contribution is 2.26. The molecular formula is C16H17BrN2S. The minimum absolute atomic E-state index is 0.180. The van der Waals surface area contributed by atoms with Gasteiger partial charge in [0.05, 0.1) is 15.8 Å². The zero-order valence-corrected chi connectivity index (χ0v) is 13.7. The van der Waals surface area contributed by atoms with Crippen LogP contribution in [0.2, 0.25) is 0 Å². The van der Waals surface area contributed by atoms with Crippen LogP contribution in [-0.2, 0) is 13.0 Å². The molecule has 104 valence electrons. The van der Waals surface area contributed by atoms with Crippen molar-refractivity contribution >= 4 is 38.2 Å². The fourth-order valence-corrected chi connectivity index (χ4v) is 4.07. The molecule has 3 rings (SSSR count). The van der Waals surface area contributed by atoms with Gasteiger partial charge in [-0.1, -0.05) is 18.2 Å². The van der Waals surface area contributed by atoms with Crippen molar-refractivity contribution in [2.75, 3.05) is 0 Å². The van der Waals surface area contributed by atoms with Crippen LogP contribution < -0.4 is 5.73 Å². The number of fused-ring (bicyclic) bond motifs is 1. The summed E-state index contributed by atoms with van der Waals surface area (Å²) in [6.07, 6.45) is 3.08. The molecule has 3 aromatic rings. The number of nitrogens with zero attached hydrogens (tertiary/aromatic N) is 1. The van der Waals surface area contributed by atoms with Crippen molar-refractivity contribution < 1.29 is 0 Å². The van der Waals surface area contributed by atoms with Crippen LogP contribution in [-0.4, -0.2) is 10.6 Å². The van der Waals surface area contributed by atoms with Gasteiger partial charge in [0.15, 0.2) is 0 Å².